The minimum absolute atomic E-state index is 0.0365. The molecule has 0 bridgehead atoms. The summed E-state index contributed by atoms with van der Waals surface area (Å²) in [6, 6.07) is 4.69. The SMILES string of the molecule is [2H]C([2H])([2H])c1noc(-c2ccc3c(c2)OC[C@H]3NC(=O)c2nnn(C)n2)n1. The highest BCUT2D eigenvalue weighted by Gasteiger charge is 2.28. The highest BCUT2D eigenvalue weighted by molar-refractivity contribution is 5.90. The molecule has 0 aliphatic carbocycles. The van der Waals surface area contributed by atoms with E-state index in [1.165, 1.54) is 4.80 Å². The fourth-order valence-corrected chi connectivity index (χ4v) is 2.40. The Morgan fingerprint density at radius 1 is 1.50 bits per heavy atom. The quantitative estimate of drug-likeness (QED) is 0.734. The lowest BCUT2D eigenvalue weighted by Crippen LogP contribution is -2.30. The van der Waals surface area contributed by atoms with Crippen molar-refractivity contribution < 1.29 is 18.2 Å². The lowest BCUT2D eigenvalue weighted by molar-refractivity contribution is 0.0919. The number of aromatic nitrogens is 6. The number of nitrogens with one attached hydrogen (secondary N) is 1. The van der Waals surface area contributed by atoms with Gasteiger partial charge in [-0.15, -0.1) is 10.2 Å². The second-order valence-corrected chi connectivity index (χ2v) is 5.12. The maximum Gasteiger partial charge on any atom is 0.293 e. The summed E-state index contributed by atoms with van der Waals surface area (Å²) in [5.74, 6) is -0.263. The second kappa shape index (κ2) is 5.41. The lowest BCUT2D eigenvalue weighted by Gasteiger charge is -2.09. The zero-order valence-corrected chi connectivity index (χ0v) is 12.4. The van der Waals surface area contributed by atoms with Crippen molar-refractivity contribution >= 4 is 5.91 Å². The Bertz CT molecular complexity index is 1010. The maximum absolute atomic E-state index is 12.2. The third kappa shape index (κ3) is 2.47. The molecule has 1 atom stereocenters. The number of benzene rings is 1. The Kier molecular flexibility index (Phi) is 2.54. The first-order chi connectivity index (χ1) is 12.8. The van der Waals surface area contributed by atoms with Crippen LogP contribution in [0.15, 0.2) is 22.7 Å². The zero-order chi connectivity index (χ0) is 19.2. The molecule has 24 heavy (non-hydrogen) atoms. The Morgan fingerprint density at radius 2 is 2.42 bits per heavy atom. The van der Waals surface area contributed by atoms with Gasteiger partial charge in [0.25, 0.3) is 17.6 Å². The molecule has 3 aromatic rings. The Morgan fingerprint density at radius 3 is 3.17 bits per heavy atom. The van der Waals surface area contributed by atoms with Crippen LogP contribution in [0.4, 0.5) is 0 Å². The third-order valence-corrected chi connectivity index (χ3v) is 3.48. The number of rotatable bonds is 3. The molecule has 0 spiro atoms. The van der Waals surface area contributed by atoms with E-state index in [-0.39, 0.29) is 30.2 Å². The van der Waals surface area contributed by atoms with Crippen LogP contribution in [0.1, 0.15) is 32.2 Å². The van der Waals surface area contributed by atoms with Gasteiger partial charge in [-0.3, -0.25) is 4.79 Å². The van der Waals surface area contributed by atoms with E-state index in [1.807, 2.05) is 0 Å². The average molecular weight is 330 g/mol. The predicted octanol–water partition coefficient (Wildman–Crippen LogP) is 0.432. The number of tetrazole rings is 1. The molecule has 1 aliphatic rings. The molecule has 1 amide bonds. The van der Waals surface area contributed by atoms with Crippen molar-refractivity contribution in [2.24, 2.45) is 7.05 Å². The van der Waals surface area contributed by atoms with Gasteiger partial charge in [-0.1, -0.05) is 11.2 Å². The maximum atomic E-state index is 12.2. The molecule has 1 aliphatic heterocycles. The number of hydrogen-bond donors (Lipinski definition) is 1. The van der Waals surface area contributed by atoms with Crippen molar-refractivity contribution in [3.63, 3.8) is 0 Å². The van der Waals surface area contributed by atoms with E-state index < -0.39 is 12.8 Å². The average Bonchev–Trinajstić information content (AvgIpc) is 3.33. The second-order valence-electron chi connectivity index (χ2n) is 5.12. The summed E-state index contributed by atoms with van der Waals surface area (Å²) in [6.45, 7) is -2.21. The first kappa shape index (κ1) is 11.3. The molecule has 0 saturated heterocycles. The molecule has 122 valence electrons. The fourth-order valence-electron chi connectivity index (χ4n) is 2.40. The number of carbonyl (C=O) groups excluding carboxylic acids is 1. The minimum Gasteiger partial charge on any atom is -0.491 e. The van der Waals surface area contributed by atoms with Crippen LogP contribution >= 0.6 is 0 Å². The molecular formula is C14H13N7O3. The fraction of sp³-hybridized carbons (Fsp3) is 0.286. The molecule has 4 rings (SSSR count). The molecule has 1 N–H and O–H groups in total. The summed E-state index contributed by atoms with van der Waals surface area (Å²) in [6.07, 6.45) is 0. The summed E-state index contributed by atoms with van der Waals surface area (Å²) in [4.78, 5) is 17.3. The smallest absolute Gasteiger partial charge is 0.293 e. The topological polar surface area (TPSA) is 121 Å². The number of carbonyl (C=O) groups is 1. The Hall–Kier alpha value is -3.30. The molecule has 0 radical (unpaired) electrons. The number of fused-ring (bicyclic) bond motifs is 1. The highest BCUT2D eigenvalue weighted by atomic mass is 16.5. The standard InChI is InChI=1S/C14H13N7O3/c1-7-15-14(24-19-7)8-3-4-9-10(6-23-11(9)5-8)16-13(22)12-17-20-21(2)18-12/h3-5,10H,6H2,1-2H3,(H,16,22)/t10-/m1/s1/i1D3. The monoisotopic (exact) mass is 330 g/mol. The Balaban J connectivity index is 1.54. The summed E-state index contributed by atoms with van der Waals surface area (Å²) >= 11 is 0. The van der Waals surface area contributed by atoms with Gasteiger partial charge in [0.05, 0.1) is 13.1 Å². The minimum atomic E-state index is -2.45. The molecule has 10 nitrogen and oxygen atoms in total. The van der Waals surface area contributed by atoms with Crippen LogP contribution in [0, 0.1) is 6.85 Å². The van der Waals surface area contributed by atoms with E-state index in [2.05, 4.69) is 30.9 Å². The van der Waals surface area contributed by atoms with Crippen LogP contribution < -0.4 is 10.1 Å². The van der Waals surface area contributed by atoms with E-state index in [0.29, 0.717) is 11.3 Å². The van der Waals surface area contributed by atoms with Crippen LogP contribution in [-0.4, -0.2) is 42.9 Å². The van der Waals surface area contributed by atoms with Gasteiger partial charge in [-0.25, -0.2) is 0 Å². The van der Waals surface area contributed by atoms with Crippen LogP contribution in [0.5, 0.6) is 5.75 Å². The first-order valence-corrected chi connectivity index (χ1v) is 6.97. The van der Waals surface area contributed by atoms with Gasteiger partial charge in [-0.05, 0) is 24.2 Å². The number of amides is 1. The molecule has 1 aromatic carbocycles. The lowest BCUT2D eigenvalue weighted by atomic mass is 10.1. The van der Waals surface area contributed by atoms with Gasteiger partial charge < -0.3 is 14.6 Å². The van der Waals surface area contributed by atoms with Crippen LogP contribution in [0.3, 0.4) is 0 Å². The molecule has 10 heteroatoms. The number of hydrogen-bond acceptors (Lipinski definition) is 8. The van der Waals surface area contributed by atoms with Gasteiger partial charge in [0.1, 0.15) is 12.4 Å². The molecule has 0 unspecified atom stereocenters. The van der Waals surface area contributed by atoms with E-state index in [9.17, 15) is 4.79 Å². The Labute approximate surface area is 140 Å². The van der Waals surface area contributed by atoms with Crippen molar-refractivity contribution in [1.29, 1.82) is 0 Å². The number of ether oxygens (including phenoxy) is 1. The largest absolute Gasteiger partial charge is 0.491 e. The summed E-state index contributed by atoms with van der Waals surface area (Å²) in [7, 11) is 1.56. The van der Waals surface area contributed by atoms with E-state index in [0.717, 1.165) is 5.56 Å². The molecule has 0 saturated carbocycles. The summed E-state index contributed by atoms with van der Waals surface area (Å²) in [5.41, 5.74) is 1.27. The molecular weight excluding hydrogens is 314 g/mol. The predicted molar refractivity (Wildman–Crippen MR) is 79.0 cm³/mol. The van der Waals surface area contributed by atoms with Crippen molar-refractivity contribution in [2.75, 3.05) is 6.61 Å². The molecule has 0 fully saturated rings. The van der Waals surface area contributed by atoms with Crippen LogP contribution in [0.2, 0.25) is 0 Å². The van der Waals surface area contributed by atoms with Crippen molar-refractivity contribution in [1.82, 2.24) is 35.7 Å². The zero-order valence-electron chi connectivity index (χ0n) is 15.4. The van der Waals surface area contributed by atoms with Crippen LogP contribution in [-0.2, 0) is 7.05 Å². The third-order valence-electron chi connectivity index (χ3n) is 3.48. The van der Waals surface area contributed by atoms with E-state index >= 15 is 0 Å². The molecule has 2 aromatic heterocycles. The van der Waals surface area contributed by atoms with Gasteiger partial charge in [0, 0.05) is 15.2 Å². The van der Waals surface area contributed by atoms with Gasteiger partial charge >= 0.3 is 0 Å². The van der Waals surface area contributed by atoms with E-state index in [4.69, 9.17) is 13.4 Å². The van der Waals surface area contributed by atoms with Crippen molar-refractivity contribution in [3.05, 3.63) is 35.4 Å². The number of nitrogens with zero attached hydrogens (tertiary/aromatic N) is 6. The van der Waals surface area contributed by atoms with Crippen molar-refractivity contribution in [3.8, 4) is 17.2 Å². The normalized spacial score (nSPS) is 18.2. The van der Waals surface area contributed by atoms with Gasteiger partial charge in [-0.2, -0.15) is 9.78 Å². The van der Waals surface area contributed by atoms with Crippen LogP contribution in [0.25, 0.3) is 11.5 Å². The summed E-state index contributed by atoms with van der Waals surface area (Å²) in [5, 5.41) is 17.4. The van der Waals surface area contributed by atoms with Crippen molar-refractivity contribution in [2.45, 2.75) is 12.9 Å². The summed E-state index contributed by atoms with van der Waals surface area (Å²) < 4.78 is 32.5. The first-order valence-electron chi connectivity index (χ1n) is 8.47. The van der Waals surface area contributed by atoms with Gasteiger partial charge in [0.2, 0.25) is 0 Å². The highest BCUT2D eigenvalue weighted by Crippen LogP contribution is 2.35. The van der Waals surface area contributed by atoms with Gasteiger partial charge in [0.15, 0.2) is 5.82 Å². The number of aryl methyl sites for hydroxylation is 2. The van der Waals surface area contributed by atoms with E-state index in [1.54, 1.807) is 25.2 Å². The molecule has 3 heterocycles.